The van der Waals surface area contributed by atoms with Gasteiger partial charge in [-0.15, -0.1) is 0 Å². The monoisotopic (exact) mass is 395 g/mol. The van der Waals surface area contributed by atoms with Gasteiger partial charge in [0.2, 0.25) is 0 Å². The fourth-order valence-corrected chi connectivity index (χ4v) is 3.33. The SMILES string of the molecule is Cc1ncc2c(F)cn(C3OC(C(O)c4ccc(F)c(F)c4)C(O)C3O)c2n1. The van der Waals surface area contributed by atoms with Crippen molar-refractivity contribution in [1.29, 1.82) is 0 Å². The van der Waals surface area contributed by atoms with E-state index in [4.69, 9.17) is 4.74 Å². The largest absolute Gasteiger partial charge is 0.387 e. The van der Waals surface area contributed by atoms with Gasteiger partial charge in [0, 0.05) is 12.4 Å². The van der Waals surface area contributed by atoms with Crippen LogP contribution in [0.2, 0.25) is 0 Å². The lowest BCUT2D eigenvalue weighted by molar-refractivity contribution is -0.0850. The zero-order chi connectivity index (χ0) is 20.2. The molecule has 4 rings (SSSR count). The van der Waals surface area contributed by atoms with E-state index in [1.165, 1.54) is 10.8 Å². The molecular weight excluding hydrogens is 379 g/mol. The lowest BCUT2D eigenvalue weighted by Crippen LogP contribution is -2.34. The summed E-state index contributed by atoms with van der Waals surface area (Å²) in [7, 11) is 0. The van der Waals surface area contributed by atoms with E-state index < -0.39 is 48.1 Å². The summed E-state index contributed by atoms with van der Waals surface area (Å²) in [5.74, 6) is -2.55. The maximum atomic E-state index is 14.2. The molecule has 0 spiro atoms. The summed E-state index contributed by atoms with van der Waals surface area (Å²) in [6.07, 6.45) is -4.96. The molecule has 0 aliphatic carbocycles. The van der Waals surface area contributed by atoms with Gasteiger partial charge in [-0.3, -0.25) is 0 Å². The van der Waals surface area contributed by atoms with Crippen LogP contribution in [0.3, 0.4) is 0 Å². The number of hydrogen-bond acceptors (Lipinski definition) is 6. The Bertz CT molecular complexity index is 1040. The smallest absolute Gasteiger partial charge is 0.164 e. The molecule has 1 aromatic carbocycles. The van der Waals surface area contributed by atoms with Crippen LogP contribution in [-0.4, -0.2) is 48.2 Å². The summed E-state index contributed by atoms with van der Waals surface area (Å²) in [6.45, 7) is 1.60. The molecule has 7 nitrogen and oxygen atoms in total. The van der Waals surface area contributed by atoms with Crippen molar-refractivity contribution in [2.75, 3.05) is 0 Å². The number of benzene rings is 1. The molecule has 148 valence electrons. The number of aliphatic hydroxyl groups excluding tert-OH is 3. The zero-order valence-corrected chi connectivity index (χ0v) is 14.5. The molecule has 0 radical (unpaired) electrons. The van der Waals surface area contributed by atoms with Crippen LogP contribution in [0, 0.1) is 24.4 Å². The summed E-state index contributed by atoms with van der Waals surface area (Å²) in [5.41, 5.74) is 0.0988. The van der Waals surface area contributed by atoms with Crippen molar-refractivity contribution < 1.29 is 33.2 Å². The molecule has 0 bridgehead atoms. The van der Waals surface area contributed by atoms with Crippen LogP contribution in [-0.2, 0) is 4.74 Å². The Kier molecular flexibility index (Phi) is 4.58. The van der Waals surface area contributed by atoms with Crippen molar-refractivity contribution >= 4 is 11.0 Å². The average Bonchev–Trinajstić information content (AvgIpc) is 3.14. The third-order valence-electron chi connectivity index (χ3n) is 4.79. The second-order valence-electron chi connectivity index (χ2n) is 6.63. The van der Waals surface area contributed by atoms with Gasteiger partial charge in [-0.05, 0) is 24.6 Å². The first-order chi connectivity index (χ1) is 13.3. The molecule has 3 heterocycles. The number of aliphatic hydroxyl groups is 3. The van der Waals surface area contributed by atoms with Crippen molar-refractivity contribution in [3.8, 4) is 0 Å². The van der Waals surface area contributed by atoms with E-state index in [1.807, 2.05) is 0 Å². The number of hydrogen-bond donors (Lipinski definition) is 3. The summed E-state index contributed by atoms with van der Waals surface area (Å²) >= 11 is 0. The van der Waals surface area contributed by atoms with E-state index in [2.05, 4.69) is 9.97 Å². The van der Waals surface area contributed by atoms with Gasteiger partial charge >= 0.3 is 0 Å². The topological polar surface area (TPSA) is 101 Å². The van der Waals surface area contributed by atoms with Crippen LogP contribution >= 0.6 is 0 Å². The van der Waals surface area contributed by atoms with Gasteiger partial charge in [-0.2, -0.15) is 0 Å². The normalized spacial score (nSPS) is 26.1. The molecule has 1 saturated heterocycles. The highest BCUT2D eigenvalue weighted by Crippen LogP contribution is 2.38. The van der Waals surface area contributed by atoms with Crippen LogP contribution in [0.25, 0.3) is 11.0 Å². The minimum absolute atomic E-state index is 0.0440. The molecule has 3 aromatic rings. The standard InChI is InChI=1S/C18H16F3N3O4/c1-7-22-5-9-12(21)6-24(17(9)23-7)18-15(27)14(26)16(28-18)13(25)8-2-3-10(19)11(20)4-8/h2-6,13-16,18,25-27H,1H3. The Morgan fingerprint density at radius 1 is 1.11 bits per heavy atom. The molecule has 0 amide bonds. The first-order valence-corrected chi connectivity index (χ1v) is 8.42. The predicted molar refractivity (Wildman–Crippen MR) is 89.5 cm³/mol. The lowest BCUT2D eigenvalue weighted by atomic mass is 9.99. The summed E-state index contributed by atoms with van der Waals surface area (Å²) in [5, 5.41) is 31.3. The van der Waals surface area contributed by atoms with Gasteiger partial charge in [-0.1, -0.05) is 6.07 Å². The molecule has 1 aliphatic heterocycles. The highest BCUT2D eigenvalue weighted by atomic mass is 19.2. The number of ether oxygens (including phenoxy) is 1. The molecule has 2 aromatic heterocycles. The fraction of sp³-hybridized carbons (Fsp3) is 0.333. The number of fused-ring (bicyclic) bond motifs is 1. The van der Waals surface area contributed by atoms with E-state index in [1.54, 1.807) is 6.92 Å². The maximum Gasteiger partial charge on any atom is 0.164 e. The van der Waals surface area contributed by atoms with Crippen molar-refractivity contribution in [2.45, 2.75) is 37.6 Å². The number of aromatic nitrogens is 3. The molecule has 1 fully saturated rings. The zero-order valence-electron chi connectivity index (χ0n) is 14.5. The molecule has 28 heavy (non-hydrogen) atoms. The van der Waals surface area contributed by atoms with Crippen LogP contribution < -0.4 is 0 Å². The second kappa shape index (κ2) is 6.82. The number of aryl methyl sites for hydroxylation is 1. The van der Waals surface area contributed by atoms with Gasteiger partial charge in [0.25, 0.3) is 0 Å². The Morgan fingerprint density at radius 3 is 2.57 bits per heavy atom. The number of nitrogens with zero attached hydrogens (tertiary/aromatic N) is 3. The van der Waals surface area contributed by atoms with Gasteiger partial charge < -0.3 is 24.6 Å². The fourth-order valence-electron chi connectivity index (χ4n) is 3.33. The quantitative estimate of drug-likeness (QED) is 0.622. The van der Waals surface area contributed by atoms with Crippen molar-refractivity contribution in [3.05, 3.63) is 59.4 Å². The van der Waals surface area contributed by atoms with E-state index in [-0.39, 0.29) is 16.6 Å². The number of halogens is 3. The average molecular weight is 395 g/mol. The lowest BCUT2D eigenvalue weighted by Gasteiger charge is -2.21. The Hall–Kier alpha value is -2.53. The predicted octanol–water partition coefficient (Wildman–Crippen LogP) is 1.51. The molecule has 0 saturated carbocycles. The second-order valence-corrected chi connectivity index (χ2v) is 6.63. The van der Waals surface area contributed by atoms with Crippen LogP contribution in [0.4, 0.5) is 13.2 Å². The minimum Gasteiger partial charge on any atom is -0.387 e. The summed E-state index contributed by atoms with van der Waals surface area (Å²) in [4.78, 5) is 8.05. The molecular formula is C18H16F3N3O4. The van der Waals surface area contributed by atoms with Crippen LogP contribution in [0.5, 0.6) is 0 Å². The van der Waals surface area contributed by atoms with Gasteiger partial charge in [0.1, 0.15) is 35.9 Å². The third kappa shape index (κ3) is 2.94. The third-order valence-corrected chi connectivity index (χ3v) is 4.79. The molecule has 10 heteroatoms. The first-order valence-electron chi connectivity index (χ1n) is 8.42. The minimum atomic E-state index is -1.57. The van der Waals surface area contributed by atoms with Gasteiger partial charge in [0.05, 0.1) is 5.39 Å². The first kappa shape index (κ1) is 18.8. The summed E-state index contributed by atoms with van der Waals surface area (Å²) in [6, 6.07) is 2.74. The Labute approximate surface area is 156 Å². The molecule has 5 unspecified atom stereocenters. The van der Waals surface area contributed by atoms with E-state index in [0.29, 0.717) is 5.82 Å². The van der Waals surface area contributed by atoms with Crippen LogP contribution in [0.1, 0.15) is 23.7 Å². The highest BCUT2D eigenvalue weighted by molar-refractivity contribution is 5.76. The highest BCUT2D eigenvalue weighted by Gasteiger charge is 2.47. The maximum absolute atomic E-state index is 14.2. The van der Waals surface area contributed by atoms with E-state index in [0.717, 1.165) is 24.4 Å². The van der Waals surface area contributed by atoms with Gasteiger partial charge in [-0.25, -0.2) is 23.1 Å². The van der Waals surface area contributed by atoms with E-state index >= 15 is 0 Å². The van der Waals surface area contributed by atoms with Crippen molar-refractivity contribution in [3.63, 3.8) is 0 Å². The summed E-state index contributed by atoms with van der Waals surface area (Å²) < 4.78 is 47.6. The van der Waals surface area contributed by atoms with Crippen molar-refractivity contribution in [2.24, 2.45) is 0 Å². The molecule has 3 N–H and O–H groups in total. The molecule has 1 aliphatic rings. The van der Waals surface area contributed by atoms with Gasteiger partial charge in [0.15, 0.2) is 23.7 Å². The van der Waals surface area contributed by atoms with Crippen molar-refractivity contribution in [1.82, 2.24) is 14.5 Å². The number of rotatable bonds is 3. The molecule has 5 atom stereocenters. The van der Waals surface area contributed by atoms with E-state index in [9.17, 15) is 28.5 Å². The van der Waals surface area contributed by atoms with Crippen LogP contribution in [0.15, 0.2) is 30.6 Å². The Balaban J connectivity index is 1.68. The Morgan fingerprint density at radius 2 is 1.86 bits per heavy atom.